The van der Waals surface area contributed by atoms with Gasteiger partial charge in [0.15, 0.2) is 12.4 Å². The van der Waals surface area contributed by atoms with Crippen LogP contribution in [0.25, 0.3) is 0 Å². The van der Waals surface area contributed by atoms with E-state index < -0.39 is 30.2 Å². The number of hydrogen-bond acceptors (Lipinski definition) is 8. The van der Waals surface area contributed by atoms with Crippen LogP contribution in [0.4, 0.5) is 5.69 Å². The maximum absolute atomic E-state index is 12.7. The Morgan fingerprint density at radius 2 is 1.64 bits per heavy atom. The molecule has 1 amide bonds. The second kappa shape index (κ2) is 12.2. The molecule has 0 aliphatic carbocycles. The van der Waals surface area contributed by atoms with Crippen molar-refractivity contribution in [1.82, 2.24) is 0 Å². The van der Waals surface area contributed by atoms with Gasteiger partial charge in [0.05, 0.1) is 36.4 Å². The monoisotopic (exact) mass is 571 g/mol. The van der Waals surface area contributed by atoms with Crippen LogP contribution in [0.5, 0.6) is 17.2 Å². The zero-order valence-electron chi connectivity index (χ0n) is 20.9. The summed E-state index contributed by atoms with van der Waals surface area (Å²) >= 11 is 11.9. The van der Waals surface area contributed by atoms with Gasteiger partial charge in [-0.05, 0) is 54.6 Å². The van der Waals surface area contributed by atoms with Gasteiger partial charge in [-0.1, -0.05) is 23.2 Å². The number of carbonyl (C=O) groups excluding carboxylic acids is 4. The Balaban J connectivity index is 1.32. The Morgan fingerprint density at radius 3 is 2.31 bits per heavy atom. The van der Waals surface area contributed by atoms with Crippen LogP contribution in [0, 0.1) is 5.92 Å². The quantitative estimate of drug-likeness (QED) is 0.200. The third-order valence-corrected chi connectivity index (χ3v) is 6.57. The molecular formula is C28H23Cl2NO8. The Labute approximate surface area is 234 Å². The van der Waals surface area contributed by atoms with Crippen molar-refractivity contribution in [3.8, 4) is 17.2 Å². The van der Waals surface area contributed by atoms with Gasteiger partial charge in [-0.3, -0.25) is 14.4 Å². The Morgan fingerprint density at radius 1 is 0.923 bits per heavy atom. The summed E-state index contributed by atoms with van der Waals surface area (Å²) in [6.45, 7) is -0.432. The van der Waals surface area contributed by atoms with Gasteiger partial charge in [-0.25, -0.2) is 4.79 Å². The number of methoxy groups -OCH3 is 2. The number of anilines is 1. The number of nitrogens with zero attached hydrogens (tertiary/aromatic N) is 1. The first-order chi connectivity index (χ1) is 18.7. The Kier molecular flexibility index (Phi) is 8.73. The van der Waals surface area contributed by atoms with Gasteiger partial charge >= 0.3 is 11.9 Å². The summed E-state index contributed by atoms with van der Waals surface area (Å²) in [4.78, 5) is 51.7. The molecule has 0 N–H and O–H groups in total. The number of benzene rings is 3. The fourth-order valence-corrected chi connectivity index (χ4v) is 4.46. The molecule has 0 radical (unpaired) electrons. The fraction of sp³-hybridized carbons (Fsp3) is 0.214. The zero-order chi connectivity index (χ0) is 28.1. The first-order valence-electron chi connectivity index (χ1n) is 11.7. The SMILES string of the molecule is COc1ccc(OC)c(N2C[C@@H](C(=O)OCC(=O)c3ccc(OC(=O)c4ccc(Cl)cc4Cl)cc3)CC2=O)c1. The zero-order valence-corrected chi connectivity index (χ0v) is 22.5. The third-order valence-electron chi connectivity index (χ3n) is 6.02. The molecule has 0 saturated carbocycles. The van der Waals surface area contributed by atoms with Gasteiger partial charge in [-0.2, -0.15) is 0 Å². The van der Waals surface area contributed by atoms with Crippen LogP contribution in [0.15, 0.2) is 60.7 Å². The summed E-state index contributed by atoms with van der Waals surface area (Å²) in [5.74, 6) is -1.65. The summed E-state index contributed by atoms with van der Waals surface area (Å²) < 4.78 is 21.1. The van der Waals surface area contributed by atoms with Crippen molar-refractivity contribution in [2.24, 2.45) is 5.92 Å². The van der Waals surface area contributed by atoms with E-state index >= 15 is 0 Å². The van der Waals surface area contributed by atoms with Gasteiger partial charge in [-0.15, -0.1) is 0 Å². The van der Waals surface area contributed by atoms with Crippen LogP contribution in [0.1, 0.15) is 27.1 Å². The minimum absolute atomic E-state index is 0.0644. The van der Waals surface area contributed by atoms with Crippen molar-refractivity contribution >= 4 is 52.5 Å². The molecule has 3 aromatic rings. The molecule has 0 bridgehead atoms. The van der Waals surface area contributed by atoms with E-state index in [0.717, 1.165) is 0 Å². The van der Waals surface area contributed by atoms with Crippen LogP contribution in [-0.2, 0) is 14.3 Å². The van der Waals surface area contributed by atoms with Crippen molar-refractivity contribution in [3.63, 3.8) is 0 Å². The van der Waals surface area contributed by atoms with Crippen LogP contribution in [-0.4, -0.2) is 51.0 Å². The number of rotatable bonds is 9. The number of carbonyl (C=O) groups is 4. The number of Topliss-reactive ketones (excluding diaryl/α,β-unsaturated/α-hetero) is 1. The lowest BCUT2D eigenvalue weighted by Crippen LogP contribution is -2.27. The highest BCUT2D eigenvalue weighted by Crippen LogP contribution is 2.36. The molecule has 9 nitrogen and oxygen atoms in total. The van der Waals surface area contributed by atoms with E-state index in [1.807, 2.05) is 0 Å². The van der Waals surface area contributed by atoms with Crippen molar-refractivity contribution in [2.45, 2.75) is 6.42 Å². The summed E-state index contributed by atoms with van der Waals surface area (Å²) in [6.07, 6.45) is -0.0644. The number of ketones is 1. The van der Waals surface area contributed by atoms with Crippen LogP contribution >= 0.6 is 23.2 Å². The third kappa shape index (κ3) is 6.50. The average Bonchev–Trinajstić information content (AvgIpc) is 3.32. The van der Waals surface area contributed by atoms with Gasteiger partial charge in [0.1, 0.15) is 17.2 Å². The summed E-state index contributed by atoms with van der Waals surface area (Å²) in [6, 6.07) is 15.2. The van der Waals surface area contributed by atoms with Gasteiger partial charge in [0, 0.05) is 29.6 Å². The lowest BCUT2D eigenvalue weighted by atomic mass is 10.1. The molecule has 1 aliphatic heterocycles. The van der Waals surface area contributed by atoms with Crippen LogP contribution < -0.4 is 19.1 Å². The number of amides is 1. The highest BCUT2D eigenvalue weighted by Gasteiger charge is 2.37. The van der Waals surface area contributed by atoms with E-state index in [9.17, 15) is 19.2 Å². The lowest BCUT2D eigenvalue weighted by Gasteiger charge is -2.20. The predicted molar refractivity (Wildman–Crippen MR) is 143 cm³/mol. The molecule has 1 heterocycles. The predicted octanol–water partition coefficient (Wildman–Crippen LogP) is 5.01. The maximum atomic E-state index is 12.7. The van der Waals surface area contributed by atoms with Crippen LogP contribution in [0.3, 0.4) is 0 Å². The normalized spacial score (nSPS) is 14.6. The van der Waals surface area contributed by atoms with Crippen molar-refractivity contribution in [1.29, 1.82) is 0 Å². The molecule has 1 aliphatic rings. The fourth-order valence-electron chi connectivity index (χ4n) is 3.97. The van der Waals surface area contributed by atoms with E-state index in [2.05, 4.69) is 0 Å². The van der Waals surface area contributed by atoms with Crippen LogP contribution in [0.2, 0.25) is 10.0 Å². The maximum Gasteiger partial charge on any atom is 0.345 e. The molecule has 1 fully saturated rings. The highest BCUT2D eigenvalue weighted by atomic mass is 35.5. The molecule has 202 valence electrons. The minimum Gasteiger partial charge on any atom is -0.497 e. The molecule has 0 unspecified atom stereocenters. The number of esters is 2. The van der Waals surface area contributed by atoms with Gasteiger partial charge < -0.3 is 23.8 Å². The van der Waals surface area contributed by atoms with Crippen molar-refractivity contribution < 1.29 is 38.1 Å². The molecule has 0 spiro atoms. The first-order valence-corrected chi connectivity index (χ1v) is 12.4. The standard InChI is InChI=1S/C28H23Cl2NO8/c1-36-20-8-10-25(37-2)23(13-20)31-14-17(11-26(31)33)27(34)38-15-24(32)16-3-6-19(7-4-16)39-28(35)21-9-5-18(29)12-22(21)30/h3-10,12-13,17H,11,14-15H2,1-2H3/t17-/m0/s1. The second-order valence-electron chi connectivity index (χ2n) is 8.51. The lowest BCUT2D eigenvalue weighted by molar-refractivity contribution is -0.147. The highest BCUT2D eigenvalue weighted by molar-refractivity contribution is 6.36. The van der Waals surface area contributed by atoms with E-state index in [-0.39, 0.29) is 40.8 Å². The van der Waals surface area contributed by atoms with E-state index in [0.29, 0.717) is 22.2 Å². The number of halogens is 2. The molecule has 1 saturated heterocycles. The minimum atomic E-state index is -0.748. The average molecular weight is 572 g/mol. The topological polar surface area (TPSA) is 108 Å². The largest absolute Gasteiger partial charge is 0.497 e. The molecule has 1 atom stereocenters. The van der Waals surface area contributed by atoms with Gasteiger partial charge in [0.2, 0.25) is 5.91 Å². The smallest absolute Gasteiger partial charge is 0.345 e. The van der Waals surface area contributed by atoms with Gasteiger partial charge in [0.25, 0.3) is 0 Å². The summed E-state index contributed by atoms with van der Waals surface area (Å²) in [7, 11) is 2.99. The number of ether oxygens (including phenoxy) is 4. The van der Waals surface area contributed by atoms with Crippen molar-refractivity contribution in [3.05, 3.63) is 81.8 Å². The molecule has 11 heteroatoms. The Hall–Kier alpha value is -4.08. The second-order valence-corrected chi connectivity index (χ2v) is 9.36. The molecule has 4 rings (SSSR count). The molecular weight excluding hydrogens is 549 g/mol. The molecule has 3 aromatic carbocycles. The molecule has 0 aromatic heterocycles. The summed E-state index contributed by atoms with van der Waals surface area (Å²) in [5, 5.41) is 0.532. The number of hydrogen-bond donors (Lipinski definition) is 0. The first kappa shape index (κ1) is 27.9. The van der Waals surface area contributed by atoms with E-state index in [4.69, 9.17) is 42.1 Å². The van der Waals surface area contributed by atoms with E-state index in [1.165, 1.54) is 61.6 Å². The van der Waals surface area contributed by atoms with Crippen molar-refractivity contribution in [2.75, 3.05) is 32.3 Å². The molecule has 39 heavy (non-hydrogen) atoms. The Bertz CT molecular complexity index is 1420. The summed E-state index contributed by atoms with van der Waals surface area (Å²) in [5.41, 5.74) is 0.867. The van der Waals surface area contributed by atoms with E-state index in [1.54, 1.807) is 18.2 Å².